The maximum Gasteiger partial charge on any atom is 0.0135 e. The fraction of sp³-hybridized carbons (Fsp3) is 0.667. The first-order valence-corrected chi connectivity index (χ1v) is 7.89. The van der Waals surface area contributed by atoms with Crippen molar-refractivity contribution >= 4 is 0 Å². The molecule has 1 nitrogen and oxygen atoms in total. The van der Waals surface area contributed by atoms with Crippen molar-refractivity contribution in [2.75, 3.05) is 6.54 Å². The second-order valence-electron chi connectivity index (χ2n) is 6.04. The highest BCUT2D eigenvalue weighted by molar-refractivity contribution is 5.23. The lowest BCUT2D eigenvalue weighted by Gasteiger charge is -2.28. The van der Waals surface area contributed by atoms with Crippen molar-refractivity contribution < 1.29 is 0 Å². The third-order valence-electron chi connectivity index (χ3n) is 4.23. The number of aryl methyl sites for hydroxylation is 1. The maximum absolute atomic E-state index is 3.73. The van der Waals surface area contributed by atoms with Gasteiger partial charge < -0.3 is 5.32 Å². The predicted octanol–water partition coefficient (Wildman–Crippen LogP) is 4.45. The highest BCUT2D eigenvalue weighted by atomic mass is 14.9. The highest BCUT2D eigenvalue weighted by Gasteiger charge is 2.19. The van der Waals surface area contributed by atoms with Crippen molar-refractivity contribution in [3.05, 3.63) is 35.4 Å². The first-order chi connectivity index (χ1) is 9.08. The van der Waals surface area contributed by atoms with Crippen LogP contribution in [0.2, 0.25) is 0 Å². The number of hydrogen-bond acceptors (Lipinski definition) is 1. The molecule has 1 heteroatoms. The summed E-state index contributed by atoms with van der Waals surface area (Å²) in [5.74, 6) is 1.43. The zero-order valence-corrected chi connectivity index (χ0v) is 13.4. The fourth-order valence-electron chi connectivity index (χ4n) is 2.40. The Morgan fingerprint density at radius 1 is 0.947 bits per heavy atom. The maximum atomic E-state index is 3.73. The van der Waals surface area contributed by atoms with Crippen molar-refractivity contribution in [1.82, 2.24) is 5.32 Å². The van der Waals surface area contributed by atoms with E-state index in [0.717, 1.165) is 25.3 Å². The molecule has 1 rings (SSSR count). The van der Waals surface area contributed by atoms with E-state index in [0.29, 0.717) is 12.0 Å². The lowest BCUT2D eigenvalue weighted by atomic mass is 9.86. The van der Waals surface area contributed by atoms with Gasteiger partial charge in [0.05, 0.1) is 0 Å². The molecule has 1 aromatic carbocycles. The van der Waals surface area contributed by atoms with Crippen LogP contribution >= 0.6 is 0 Å². The molecule has 1 N–H and O–H groups in total. The van der Waals surface area contributed by atoms with Crippen LogP contribution in [0.5, 0.6) is 0 Å². The van der Waals surface area contributed by atoms with E-state index in [1.165, 1.54) is 17.5 Å². The Morgan fingerprint density at radius 2 is 1.53 bits per heavy atom. The molecule has 0 heterocycles. The molecule has 1 aromatic rings. The molecule has 2 atom stereocenters. The molecule has 0 radical (unpaired) electrons. The van der Waals surface area contributed by atoms with Gasteiger partial charge in [0.2, 0.25) is 0 Å². The molecule has 0 aliphatic carbocycles. The molecule has 0 spiro atoms. The Balaban J connectivity index is 2.69. The van der Waals surface area contributed by atoms with E-state index in [1.807, 2.05) is 0 Å². The molecular weight excluding hydrogens is 230 g/mol. The molecule has 2 unspecified atom stereocenters. The zero-order valence-electron chi connectivity index (χ0n) is 13.4. The van der Waals surface area contributed by atoms with Crippen molar-refractivity contribution in [2.24, 2.45) is 11.8 Å². The Hall–Kier alpha value is -0.820. The molecule has 0 saturated carbocycles. The lowest BCUT2D eigenvalue weighted by molar-refractivity contribution is 0.297. The van der Waals surface area contributed by atoms with Crippen LogP contribution in [0.4, 0.5) is 0 Å². The van der Waals surface area contributed by atoms with Crippen molar-refractivity contribution in [1.29, 1.82) is 0 Å². The minimum absolute atomic E-state index is 0.590. The standard InChI is InChI=1S/C18H31N/c1-6-12-19-18(15(5)14(3)4)13-17-10-8-16(7-2)9-11-17/h8-11,14-15,18-19H,6-7,12-13H2,1-5H3. The summed E-state index contributed by atoms with van der Waals surface area (Å²) >= 11 is 0. The second-order valence-corrected chi connectivity index (χ2v) is 6.04. The van der Waals surface area contributed by atoms with Crippen LogP contribution in [0.25, 0.3) is 0 Å². The third-order valence-corrected chi connectivity index (χ3v) is 4.23. The van der Waals surface area contributed by atoms with Crippen LogP contribution in [0.3, 0.4) is 0 Å². The van der Waals surface area contributed by atoms with Gasteiger partial charge in [-0.25, -0.2) is 0 Å². The SMILES string of the molecule is CCCNC(Cc1ccc(CC)cc1)C(C)C(C)C. The van der Waals surface area contributed by atoms with Crippen molar-refractivity contribution in [3.8, 4) is 0 Å². The summed E-state index contributed by atoms with van der Waals surface area (Å²) in [5, 5.41) is 3.73. The largest absolute Gasteiger partial charge is 0.313 e. The van der Waals surface area contributed by atoms with Crippen LogP contribution in [0.15, 0.2) is 24.3 Å². The average Bonchev–Trinajstić information content (AvgIpc) is 2.43. The molecule has 0 aliphatic heterocycles. The first-order valence-electron chi connectivity index (χ1n) is 7.89. The van der Waals surface area contributed by atoms with Crippen molar-refractivity contribution in [2.45, 2.75) is 59.9 Å². The van der Waals surface area contributed by atoms with Crippen LogP contribution in [0.1, 0.15) is 52.2 Å². The summed E-state index contributed by atoms with van der Waals surface area (Å²) in [7, 11) is 0. The second kappa shape index (κ2) is 8.37. The van der Waals surface area contributed by atoms with Crippen LogP contribution in [0, 0.1) is 11.8 Å². The Kier molecular flexibility index (Phi) is 7.15. The molecule has 0 bridgehead atoms. The van der Waals surface area contributed by atoms with Gasteiger partial charge in [0.1, 0.15) is 0 Å². The van der Waals surface area contributed by atoms with Gasteiger partial charge in [-0.1, -0.05) is 58.9 Å². The predicted molar refractivity (Wildman–Crippen MR) is 85.6 cm³/mol. The van der Waals surface area contributed by atoms with Gasteiger partial charge in [-0.3, -0.25) is 0 Å². The fourth-order valence-corrected chi connectivity index (χ4v) is 2.40. The van der Waals surface area contributed by atoms with E-state index < -0.39 is 0 Å². The van der Waals surface area contributed by atoms with E-state index >= 15 is 0 Å². The molecule has 0 amide bonds. The Labute approximate surface area is 119 Å². The molecule has 0 aromatic heterocycles. The minimum Gasteiger partial charge on any atom is -0.313 e. The van der Waals surface area contributed by atoms with Crippen LogP contribution in [-0.4, -0.2) is 12.6 Å². The number of nitrogens with one attached hydrogen (secondary N) is 1. The molecule has 0 saturated heterocycles. The Morgan fingerprint density at radius 3 is 2.00 bits per heavy atom. The molecule has 0 fully saturated rings. The monoisotopic (exact) mass is 261 g/mol. The summed E-state index contributed by atoms with van der Waals surface area (Å²) in [4.78, 5) is 0. The zero-order chi connectivity index (χ0) is 14.3. The summed E-state index contributed by atoms with van der Waals surface area (Å²) in [6.07, 6.45) is 3.47. The molecule has 108 valence electrons. The summed E-state index contributed by atoms with van der Waals surface area (Å²) < 4.78 is 0. The normalized spacial score (nSPS) is 14.6. The van der Waals surface area contributed by atoms with E-state index in [2.05, 4.69) is 64.2 Å². The van der Waals surface area contributed by atoms with Gasteiger partial charge >= 0.3 is 0 Å². The first kappa shape index (κ1) is 16.2. The average molecular weight is 261 g/mol. The molecule has 0 aliphatic rings. The summed E-state index contributed by atoms with van der Waals surface area (Å²) in [6.45, 7) is 12.6. The van der Waals surface area contributed by atoms with Gasteiger partial charge in [-0.15, -0.1) is 0 Å². The van der Waals surface area contributed by atoms with Gasteiger partial charge in [0, 0.05) is 6.04 Å². The molecular formula is C18H31N. The third kappa shape index (κ3) is 5.36. The lowest BCUT2D eigenvalue weighted by Crippen LogP contribution is -2.39. The summed E-state index contributed by atoms with van der Waals surface area (Å²) in [6, 6.07) is 9.73. The van der Waals surface area contributed by atoms with Gasteiger partial charge in [-0.05, 0) is 48.8 Å². The number of hydrogen-bond donors (Lipinski definition) is 1. The van der Waals surface area contributed by atoms with Gasteiger partial charge in [0.25, 0.3) is 0 Å². The summed E-state index contributed by atoms with van der Waals surface area (Å²) in [5.41, 5.74) is 2.89. The number of rotatable bonds is 8. The quantitative estimate of drug-likeness (QED) is 0.729. The smallest absolute Gasteiger partial charge is 0.0135 e. The van der Waals surface area contributed by atoms with E-state index in [4.69, 9.17) is 0 Å². The van der Waals surface area contributed by atoms with E-state index in [9.17, 15) is 0 Å². The van der Waals surface area contributed by atoms with Crippen molar-refractivity contribution in [3.63, 3.8) is 0 Å². The van der Waals surface area contributed by atoms with Crippen LogP contribution < -0.4 is 5.32 Å². The van der Waals surface area contributed by atoms with E-state index in [1.54, 1.807) is 0 Å². The molecule has 19 heavy (non-hydrogen) atoms. The van der Waals surface area contributed by atoms with Gasteiger partial charge in [-0.2, -0.15) is 0 Å². The topological polar surface area (TPSA) is 12.0 Å². The van der Waals surface area contributed by atoms with E-state index in [-0.39, 0.29) is 0 Å². The van der Waals surface area contributed by atoms with Crippen LogP contribution in [-0.2, 0) is 12.8 Å². The van der Waals surface area contributed by atoms with Gasteiger partial charge in [0.15, 0.2) is 0 Å². The minimum atomic E-state index is 0.590. The highest BCUT2D eigenvalue weighted by Crippen LogP contribution is 2.19. The number of benzene rings is 1. The Bertz CT molecular complexity index is 339.